The molecule has 6 nitrogen and oxygen atoms in total. The second kappa shape index (κ2) is 8.53. The largest absolute Gasteiger partial charge is 0.481 e. The van der Waals surface area contributed by atoms with Gasteiger partial charge in [0.05, 0.1) is 17.6 Å². The van der Waals surface area contributed by atoms with E-state index >= 15 is 0 Å². The van der Waals surface area contributed by atoms with Crippen LogP contribution in [-0.2, 0) is 11.2 Å². The first-order valence-electron chi connectivity index (χ1n) is 9.57. The number of anilines is 1. The number of hydrogen-bond acceptors (Lipinski definition) is 5. The molecule has 0 bridgehead atoms. The summed E-state index contributed by atoms with van der Waals surface area (Å²) in [5.41, 5.74) is 10.7. The Morgan fingerprint density at radius 3 is 2.37 bits per heavy atom. The second-order valence-corrected chi connectivity index (χ2v) is 6.88. The van der Waals surface area contributed by atoms with Crippen molar-refractivity contribution in [1.29, 1.82) is 0 Å². The Kier molecular flexibility index (Phi) is 5.48. The number of nitrogen functional groups attached to an aromatic ring is 1. The summed E-state index contributed by atoms with van der Waals surface area (Å²) in [5, 5.41) is 19.4. The van der Waals surface area contributed by atoms with Crippen LogP contribution in [0.4, 0.5) is 17.1 Å². The van der Waals surface area contributed by atoms with Gasteiger partial charge in [-0.2, -0.15) is 0 Å². The van der Waals surface area contributed by atoms with E-state index < -0.39 is 5.97 Å². The van der Waals surface area contributed by atoms with Gasteiger partial charge < -0.3 is 10.8 Å². The van der Waals surface area contributed by atoms with Gasteiger partial charge in [-0.15, -0.1) is 10.2 Å². The van der Waals surface area contributed by atoms with Gasteiger partial charge in [-0.3, -0.25) is 9.78 Å². The van der Waals surface area contributed by atoms with E-state index in [1.165, 1.54) is 0 Å². The molecule has 1 heterocycles. The molecular weight excluding hydrogens is 376 g/mol. The van der Waals surface area contributed by atoms with Gasteiger partial charge in [-0.25, -0.2) is 0 Å². The topological polar surface area (TPSA) is 101 Å². The lowest BCUT2D eigenvalue weighted by molar-refractivity contribution is -0.136. The molecule has 0 aliphatic carbocycles. The fourth-order valence-electron chi connectivity index (χ4n) is 3.32. The normalized spacial score (nSPS) is 11.2. The molecule has 0 saturated heterocycles. The van der Waals surface area contributed by atoms with Crippen molar-refractivity contribution in [3.8, 4) is 11.3 Å². The number of carboxylic acid groups (broad SMARTS) is 1. The van der Waals surface area contributed by atoms with Gasteiger partial charge in [0.1, 0.15) is 11.4 Å². The highest BCUT2D eigenvalue weighted by Crippen LogP contribution is 2.35. The first-order chi connectivity index (χ1) is 14.6. The Morgan fingerprint density at radius 2 is 1.67 bits per heavy atom. The van der Waals surface area contributed by atoms with E-state index in [1.54, 1.807) is 6.20 Å². The fourth-order valence-corrected chi connectivity index (χ4v) is 3.32. The highest BCUT2D eigenvalue weighted by atomic mass is 16.4. The van der Waals surface area contributed by atoms with Crippen LogP contribution in [-0.4, -0.2) is 16.1 Å². The van der Waals surface area contributed by atoms with E-state index in [1.807, 2.05) is 72.8 Å². The van der Waals surface area contributed by atoms with E-state index in [2.05, 4.69) is 15.2 Å². The van der Waals surface area contributed by atoms with Gasteiger partial charge in [0, 0.05) is 17.4 Å². The lowest BCUT2D eigenvalue weighted by atomic mass is 9.98. The maximum Gasteiger partial charge on any atom is 0.303 e. The van der Waals surface area contributed by atoms with Crippen LogP contribution < -0.4 is 5.73 Å². The number of carbonyl (C=O) groups is 1. The molecular formula is C24H20N4O2. The Balaban J connectivity index is 1.65. The van der Waals surface area contributed by atoms with Crippen LogP contribution in [0.5, 0.6) is 0 Å². The molecule has 0 saturated carbocycles. The van der Waals surface area contributed by atoms with Crippen LogP contribution in [0.1, 0.15) is 12.0 Å². The third-order valence-electron chi connectivity index (χ3n) is 4.85. The summed E-state index contributed by atoms with van der Waals surface area (Å²) in [4.78, 5) is 15.5. The zero-order valence-electron chi connectivity index (χ0n) is 16.2. The summed E-state index contributed by atoms with van der Waals surface area (Å²) in [6, 6.07) is 23.1. The molecule has 3 N–H and O–H groups in total. The number of aliphatic carboxylic acids is 1. The molecule has 4 aromatic rings. The summed E-state index contributed by atoms with van der Waals surface area (Å²) in [6.45, 7) is 0. The fraction of sp³-hybridized carbons (Fsp3) is 0.0833. The molecule has 0 radical (unpaired) electrons. The summed E-state index contributed by atoms with van der Waals surface area (Å²) in [5.74, 6) is -0.844. The molecule has 148 valence electrons. The summed E-state index contributed by atoms with van der Waals surface area (Å²) in [6.07, 6.45) is 2.09. The van der Waals surface area contributed by atoms with Crippen LogP contribution in [0.3, 0.4) is 0 Å². The van der Waals surface area contributed by atoms with E-state index in [9.17, 15) is 4.79 Å². The van der Waals surface area contributed by atoms with Crippen molar-refractivity contribution in [2.45, 2.75) is 12.8 Å². The van der Waals surface area contributed by atoms with Gasteiger partial charge in [-0.05, 0) is 35.6 Å². The standard InChI is InChI=1S/C24H20N4O2/c25-24-20-9-5-4-8-19(20)17(10-13-23(29)30)14-22(24)28-27-18-11-12-21(26-15-18)16-6-2-1-3-7-16/h1-9,11-12,14-15H,10,13,25H2,(H,29,30)/b28-27+. The van der Waals surface area contributed by atoms with Gasteiger partial charge >= 0.3 is 5.97 Å². The lowest BCUT2D eigenvalue weighted by Crippen LogP contribution is -1.99. The van der Waals surface area contributed by atoms with E-state index in [4.69, 9.17) is 10.8 Å². The molecule has 0 fully saturated rings. The van der Waals surface area contributed by atoms with Crippen LogP contribution >= 0.6 is 0 Å². The minimum absolute atomic E-state index is 0.0371. The summed E-state index contributed by atoms with van der Waals surface area (Å²) in [7, 11) is 0. The van der Waals surface area contributed by atoms with Gasteiger partial charge in [0.15, 0.2) is 0 Å². The zero-order chi connectivity index (χ0) is 20.9. The maximum atomic E-state index is 11.0. The van der Waals surface area contributed by atoms with Crippen molar-refractivity contribution in [2.75, 3.05) is 5.73 Å². The molecule has 0 atom stereocenters. The number of fused-ring (bicyclic) bond motifs is 1. The maximum absolute atomic E-state index is 11.0. The number of azo groups is 1. The Labute approximate surface area is 173 Å². The number of carboxylic acids is 1. The Hall–Kier alpha value is -4.06. The van der Waals surface area contributed by atoms with E-state index in [-0.39, 0.29) is 6.42 Å². The predicted octanol–water partition coefficient (Wildman–Crippen LogP) is 5.92. The number of benzene rings is 3. The third kappa shape index (κ3) is 4.17. The number of rotatable bonds is 6. The smallest absolute Gasteiger partial charge is 0.303 e. The molecule has 6 heteroatoms. The van der Waals surface area contributed by atoms with E-state index in [0.717, 1.165) is 27.6 Å². The SMILES string of the molecule is Nc1c(/N=N/c2ccc(-c3ccccc3)nc2)cc(CCC(=O)O)c2ccccc12. The molecule has 0 amide bonds. The van der Waals surface area contributed by atoms with Crippen LogP contribution in [0.2, 0.25) is 0 Å². The monoisotopic (exact) mass is 396 g/mol. The highest BCUT2D eigenvalue weighted by Gasteiger charge is 2.11. The quantitative estimate of drug-likeness (QED) is 0.312. The van der Waals surface area contributed by atoms with Gasteiger partial charge in [-0.1, -0.05) is 54.6 Å². The number of pyridine rings is 1. The minimum Gasteiger partial charge on any atom is -0.481 e. The van der Waals surface area contributed by atoms with Crippen LogP contribution in [0.25, 0.3) is 22.0 Å². The Morgan fingerprint density at radius 1 is 0.933 bits per heavy atom. The van der Waals surface area contributed by atoms with Crippen molar-refractivity contribution in [3.63, 3.8) is 0 Å². The molecule has 30 heavy (non-hydrogen) atoms. The van der Waals surface area contributed by atoms with E-state index in [0.29, 0.717) is 23.5 Å². The van der Waals surface area contributed by atoms with Gasteiger partial charge in [0.2, 0.25) is 0 Å². The number of nitrogens with two attached hydrogens (primary N) is 1. The van der Waals surface area contributed by atoms with Crippen LogP contribution in [0, 0.1) is 0 Å². The molecule has 0 spiro atoms. The number of hydrogen-bond donors (Lipinski definition) is 2. The molecule has 4 rings (SSSR count). The van der Waals surface area contributed by atoms with Crippen molar-refractivity contribution in [1.82, 2.24) is 4.98 Å². The van der Waals surface area contributed by atoms with Crippen LogP contribution in [0.15, 0.2) is 89.2 Å². The zero-order valence-corrected chi connectivity index (χ0v) is 16.2. The first-order valence-corrected chi connectivity index (χ1v) is 9.57. The Bertz CT molecular complexity index is 1220. The van der Waals surface area contributed by atoms with Crippen molar-refractivity contribution < 1.29 is 9.90 Å². The van der Waals surface area contributed by atoms with Crippen molar-refractivity contribution >= 4 is 33.8 Å². The molecule has 0 aliphatic rings. The first kappa shape index (κ1) is 19.3. The molecule has 0 aliphatic heterocycles. The van der Waals surface area contributed by atoms with Crippen molar-refractivity contribution in [3.05, 3.63) is 84.6 Å². The highest BCUT2D eigenvalue weighted by molar-refractivity contribution is 6.00. The molecule has 1 aromatic heterocycles. The molecule has 3 aromatic carbocycles. The average molecular weight is 396 g/mol. The minimum atomic E-state index is -0.844. The number of aromatic nitrogens is 1. The third-order valence-corrected chi connectivity index (χ3v) is 4.85. The number of nitrogens with zero attached hydrogens (tertiary/aromatic N) is 3. The van der Waals surface area contributed by atoms with Gasteiger partial charge in [0.25, 0.3) is 0 Å². The molecule has 0 unspecified atom stereocenters. The summed E-state index contributed by atoms with van der Waals surface area (Å²) < 4.78 is 0. The predicted molar refractivity (Wildman–Crippen MR) is 118 cm³/mol. The summed E-state index contributed by atoms with van der Waals surface area (Å²) >= 11 is 0. The van der Waals surface area contributed by atoms with Crippen molar-refractivity contribution in [2.24, 2.45) is 10.2 Å². The number of aryl methyl sites for hydroxylation is 1. The lowest BCUT2D eigenvalue weighted by Gasteiger charge is -2.10. The average Bonchev–Trinajstić information content (AvgIpc) is 2.79. The second-order valence-electron chi connectivity index (χ2n) is 6.88.